The zero-order chi connectivity index (χ0) is 15.2. The number of methoxy groups -OCH3 is 1. The monoisotopic (exact) mass is 354 g/mol. The number of carbonyl (C=O) groups is 1. The summed E-state index contributed by atoms with van der Waals surface area (Å²) in [5.74, 6) is 1.14. The van der Waals surface area contributed by atoms with Crippen LogP contribution in [0.4, 0.5) is 5.82 Å². The van der Waals surface area contributed by atoms with Gasteiger partial charge >= 0.3 is 0 Å². The summed E-state index contributed by atoms with van der Waals surface area (Å²) in [5.41, 5.74) is 0.404. The lowest BCUT2D eigenvalue weighted by Crippen LogP contribution is -2.15. The van der Waals surface area contributed by atoms with Gasteiger partial charge < -0.3 is 19.3 Å². The lowest BCUT2D eigenvalue weighted by Gasteiger charge is -2.11. The maximum atomic E-state index is 12.3. The molecule has 0 aliphatic heterocycles. The number of anilines is 1. The Morgan fingerprint density at radius 2 is 2.19 bits per heavy atom. The number of hydrogen-bond acceptors (Lipinski definition) is 5. The summed E-state index contributed by atoms with van der Waals surface area (Å²) in [6, 6.07) is 6.85. The first-order valence-electron chi connectivity index (χ1n) is 6.26. The molecule has 1 aromatic carbocycles. The summed E-state index contributed by atoms with van der Waals surface area (Å²) in [4.78, 5) is 12.3. The van der Waals surface area contributed by atoms with Gasteiger partial charge in [0.25, 0.3) is 5.91 Å². The Labute approximate surface area is 130 Å². The van der Waals surface area contributed by atoms with Crippen molar-refractivity contribution in [3.63, 3.8) is 0 Å². The Kier molecular flexibility index (Phi) is 5.35. The molecule has 0 saturated carbocycles. The first-order valence-corrected chi connectivity index (χ1v) is 7.05. The van der Waals surface area contributed by atoms with E-state index in [0.29, 0.717) is 36.1 Å². The SMILES string of the molecule is COCCOc1ccc(Br)cc1C(=O)Nc1cc(C)on1. The molecule has 0 atom stereocenters. The molecule has 0 unspecified atom stereocenters. The fourth-order valence-corrected chi connectivity index (χ4v) is 2.01. The van der Waals surface area contributed by atoms with E-state index in [-0.39, 0.29) is 5.91 Å². The van der Waals surface area contributed by atoms with E-state index in [0.717, 1.165) is 4.47 Å². The van der Waals surface area contributed by atoms with Crippen molar-refractivity contribution in [2.75, 3.05) is 25.6 Å². The molecule has 0 fully saturated rings. The Bertz CT molecular complexity index is 627. The molecule has 1 amide bonds. The van der Waals surface area contributed by atoms with Crippen LogP contribution < -0.4 is 10.1 Å². The second-order valence-electron chi connectivity index (χ2n) is 4.26. The van der Waals surface area contributed by atoms with Gasteiger partial charge in [0.2, 0.25) is 0 Å². The second-order valence-corrected chi connectivity index (χ2v) is 5.17. The molecular formula is C14H15BrN2O4. The van der Waals surface area contributed by atoms with E-state index < -0.39 is 0 Å². The van der Waals surface area contributed by atoms with Crippen LogP contribution in [0.25, 0.3) is 0 Å². The molecule has 0 saturated heterocycles. The van der Waals surface area contributed by atoms with Crippen molar-refractivity contribution in [3.8, 4) is 5.75 Å². The van der Waals surface area contributed by atoms with Crippen molar-refractivity contribution >= 4 is 27.7 Å². The molecule has 0 bridgehead atoms. The second kappa shape index (κ2) is 7.24. The lowest BCUT2D eigenvalue weighted by atomic mass is 10.2. The largest absolute Gasteiger partial charge is 0.490 e. The number of halogens is 1. The van der Waals surface area contributed by atoms with Gasteiger partial charge in [0.05, 0.1) is 12.2 Å². The Morgan fingerprint density at radius 3 is 2.86 bits per heavy atom. The summed E-state index contributed by atoms with van der Waals surface area (Å²) in [6.45, 7) is 2.56. The number of hydrogen-bond donors (Lipinski definition) is 1. The average molecular weight is 355 g/mol. The zero-order valence-corrected chi connectivity index (χ0v) is 13.3. The van der Waals surface area contributed by atoms with Crippen molar-refractivity contribution < 1.29 is 18.8 Å². The summed E-state index contributed by atoms with van der Waals surface area (Å²) in [5, 5.41) is 6.39. The smallest absolute Gasteiger partial charge is 0.260 e. The number of nitrogens with one attached hydrogen (secondary N) is 1. The average Bonchev–Trinajstić information content (AvgIpc) is 2.86. The first-order chi connectivity index (χ1) is 10.1. The summed E-state index contributed by atoms with van der Waals surface area (Å²) >= 11 is 3.34. The van der Waals surface area contributed by atoms with Crippen LogP contribution in [-0.4, -0.2) is 31.4 Å². The highest BCUT2D eigenvalue weighted by molar-refractivity contribution is 9.10. The van der Waals surface area contributed by atoms with E-state index in [1.807, 2.05) is 0 Å². The molecule has 1 aromatic heterocycles. The molecule has 1 N–H and O–H groups in total. The number of aromatic nitrogens is 1. The molecule has 2 rings (SSSR count). The molecule has 0 aliphatic rings. The maximum Gasteiger partial charge on any atom is 0.260 e. The van der Waals surface area contributed by atoms with Crippen molar-refractivity contribution in [1.82, 2.24) is 5.16 Å². The van der Waals surface area contributed by atoms with Crippen LogP contribution in [0.15, 0.2) is 33.3 Å². The summed E-state index contributed by atoms with van der Waals surface area (Å²) in [6.07, 6.45) is 0. The number of ether oxygens (including phenoxy) is 2. The van der Waals surface area contributed by atoms with E-state index in [1.54, 1.807) is 38.3 Å². The highest BCUT2D eigenvalue weighted by Crippen LogP contribution is 2.24. The summed E-state index contributed by atoms with van der Waals surface area (Å²) < 4.78 is 16.2. The topological polar surface area (TPSA) is 73.6 Å². The van der Waals surface area contributed by atoms with E-state index in [2.05, 4.69) is 26.4 Å². The van der Waals surface area contributed by atoms with Gasteiger partial charge in [-0.05, 0) is 25.1 Å². The number of amides is 1. The van der Waals surface area contributed by atoms with Crippen molar-refractivity contribution in [2.45, 2.75) is 6.92 Å². The number of nitrogens with zero attached hydrogens (tertiary/aromatic N) is 1. The maximum absolute atomic E-state index is 12.3. The Morgan fingerprint density at radius 1 is 1.38 bits per heavy atom. The van der Waals surface area contributed by atoms with Gasteiger partial charge in [-0.15, -0.1) is 0 Å². The van der Waals surface area contributed by atoms with Gasteiger partial charge in [0.1, 0.15) is 18.1 Å². The molecule has 6 nitrogen and oxygen atoms in total. The van der Waals surface area contributed by atoms with Crippen molar-refractivity contribution in [3.05, 3.63) is 40.1 Å². The van der Waals surface area contributed by atoms with Gasteiger partial charge in [-0.3, -0.25) is 4.79 Å². The van der Waals surface area contributed by atoms with Crippen LogP contribution in [-0.2, 0) is 4.74 Å². The number of rotatable bonds is 6. The standard InChI is InChI=1S/C14H15BrN2O4/c1-9-7-13(17-21-9)16-14(18)11-8-10(15)3-4-12(11)20-6-5-19-2/h3-4,7-8H,5-6H2,1-2H3,(H,16,17,18). The highest BCUT2D eigenvalue weighted by atomic mass is 79.9. The van der Waals surface area contributed by atoms with Crippen molar-refractivity contribution in [2.24, 2.45) is 0 Å². The fraction of sp³-hybridized carbons (Fsp3) is 0.286. The van der Waals surface area contributed by atoms with Gasteiger partial charge in [0.15, 0.2) is 5.82 Å². The van der Waals surface area contributed by atoms with E-state index in [1.165, 1.54) is 0 Å². The third-order valence-electron chi connectivity index (χ3n) is 2.60. The molecule has 7 heteroatoms. The third kappa shape index (κ3) is 4.30. The highest BCUT2D eigenvalue weighted by Gasteiger charge is 2.15. The quantitative estimate of drug-likeness (QED) is 0.807. The van der Waals surface area contributed by atoms with Gasteiger partial charge in [-0.2, -0.15) is 0 Å². The fourth-order valence-electron chi connectivity index (χ4n) is 1.65. The molecule has 112 valence electrons. The third-order valence-corrected chi connectivity index (χ3v) is 3.09. The van der Waals surface area contributed by atoms with Crippen LogP contribution in [0, 0.1) is 6.92 Å². The lowest BCUT2D eigenvalue weighted by molar-refractivity contribution is 0.101. The molecule has 0 aliphatic carbocycles. The van der Waals surface area contributed by atoms with Crippen LogP contribution in [0.3, 0.4) is 0 Å². The summed E-state index contributed by atoms with van der Waals surface area (Å²) in [7, 11) is 1.59. The molecule has 2 aromatic rings. The van der Waals surface area contributed by atoms with E-state index in [9.17, 15) is 4.79 Å². The molecule has 0 spiro atoms. The predicted octanol–water partition coefficient (Wildman–Crippen LogP) is 3.02. The first kappa shape index (κ1) is 15.5. The Balaban J connectivity index is 2.16. The van der Waals surface area contributed by atoms with E-state index >= 15 is 0 Å². The zero-order valence-electron chi connectivity index (χ0n) is 11.7. The van der Waals surface area contributed by atoms with Crippen LogP contribution >= 0.6 is 15.9 Å². The predicted molar refractivity (Wildman–Crippen MR) is 80.7 cm³/mol. The molecular weight excluding hydrogens is 340 g/mol. The number of benzene rings is 1. The minimum atomic E-state index is -0.322. The van der Waals surface area contributed by atoms with Crippen molar-refractivity contribution in [1.29, 1.82) is 0 Å². The van der Waals surface area contributed by atoms with Gasteiger partial charge in [-0.1, -0.05) is 21.1 Å². The van der Waals surface area contributed by atoms with Gasteiger partial charge in [-0.25, -0.2) is 0 Å². The number of aryl methyl sites for hydroxylation is 1. The molecule has 0 radical (unpaired) electrons. The van der Waals surface area contributed by atoms with E-state index in [4.69, 9.17) is 14.0 Å². The van der Waals surface area contributed by atoms with Crippen LogP contribution in [0.5, 0.6) is 5.75 Å². The number of carbonyl (C=O) groups excluding carboxylic acids is 1. The minimum absolute atomic E-state index is 0.322. The minimum Gasteiger partial charge on any atom is -0.490 e. The van der Waals surface area contributed by atoms with Crippen LogP contribution in [0.2, 0.25) is 0 Å². The normalized spacial score (nSPS) is 10.4. The Hall–Kier alpha value is -1.86. The molecule has 21 heavy (non-hydrogen) atoms. The van der Waals surface area contributed by atoms with Gasteiger partial charge in [0, 0.05) is 17.6 Å². The van der Waals surface area contributed by atoms with Crippen LogP contribution in [0.1, 0.15) is 16.1 Å². The molecule has 1 heterocycles.